The first kappa shape index (κ1) is 14.3. The van der Waals surface area contributed by atoms with Crippen LogP contribution in [-0.2, 0) is 4.74 Å². The van der Waals surface area contributed by atoms with Gasteiger partial charge in [0.2, 0.25) is 0 Å². The van der Waals surface area contributed by atoms with Gasteiger partial charge in [-0.3, -0.25) is 4.99 Å². The molecule has 0 aromatic rings. The van der Waals surface area contributed by atoms with Crippen molar-refractivity contribution in [2.75, 3.05) is 26.3 Å². The van der Waals surface area contributed by atoms with Crippen LogP contribution in [0.5, 0.6) is 0 Å². The van der Waals surface area contributed by atoms with Crippen LogP contribution in [0.4, 0.5) is 0 Å². The summed E-state index contributed by atoms with van der Waals surface area (Å²) in [5.41, 5.74) is 0. The lowest BCUT2D eigenvalue weighted by Crippen LogP contribution is -2.39. The molecule has 100 valence electrons. The van der Waals surface area contributed by atoms with Crippen LogP contribution in [0.3, 0.4) is 0 Å². The van der Waals surface area contributed by atoms with E-state index in [1.165, 1.54) is 6.42 Å². The van der Waals surface area contributed by atoms with Crippen molar-refractivity contribution in [1.82, 2.24) is 10.6 Å². The molecule has 0 saturated heterocycles. The molecule has 4 nitrogen and oxygen atoms in total. The number of ether oxygens (including phenoxy) is 1. The van der Waals surface area contributed by atoms with Gasteiger partial charge < -0.3 is 15.4 Å². The zero-order chi connectivity index (χ0) is 12.7. The van der Waals surface area contributed by atoms with Gasteiger partial charge in [-0.25, -0.2) is 0 Å². The van der Waals surface area contributed by atoms with Gasteiger partial charge in [-0.15, -0.1) is 0 Å². The summed E-state index contributed by atoms with van der Waals surface area (Å²) in [6.45, 7) is 11.8. The van der Waals surface area contributed by atoms with E-state index >= 15 is 0 Å². The molecule has 2 N–H and O–H groups in total. The Morgan fingerprint density at radius 1 is 1.47 bits per heavy atom. The van der Waals surface area contributed by atoms with Crippen LogP contribution in [0.2, 0.25) is 0 Å². The second-order valence-corrected chi connectivity index (χ2v) is 5.19. The first-order chi connectivity index (χ1) is 8.13. The van der Waals surface area contributed by atoms with E-state index < -0.39 is 0 Å². The molecule has 1 aliphatic carbocycles. The average molecular weight is 241 g/mol. The fourth-order valence-electron chi connectivity index (χ4n) is 1.56. The van der Waals surface area contributed by atoms with Gasteiger partial charge in [0.1, 0.15) is 0 Å². The highest BCUT2D eigenvalue weighted by Gasteiger charge is 2.33. The number of guanidine groups is 1. The lowest BCUT2D eigenvalue weighted by molar-refractivity contribution is 0.117. The van der Waals surface area contributed by atoms with Crippen molar-refractivity contribution >= 4 is 5.96 Å². The molecule has 0 bridgehead atoms. The SMILES string of the molecule is CCNC(=NCCOCC(C)C)NC1CC1C. The van der Waals surface area contributed by atoms with Crippen LogP contribution in [0.15, 0.2) is 4.99 Å². The zero-order valence-electron chi connectivity index (χ0n) is 11.6. The lowest BCUT2D eigenvalue weighted by atomic mass is 10.2. The number of nitrogens with zero attached hydrogens (tertiary/aromatic N) is 1. The quantitative estimate of drug-likeness (QED) is 0.404. The second kappa shape index (κ2) is 7.54. The van der Waals surface area contributed by atoms with Crippen LogP contribution >= 0.6 is 0 Å². The summed E-state index contributed by atoms with van der Waals surface area (Å²) in [5, 5.41) is 6.68. The molecule has 2 unspecified atom stereocenters. The van der Waals surface area contributed by atoms with Crippen molar-refractivity contribution in [2.45, 2.75) is 40.2 Å². The number of hydrogen-bond donors (Lipinski definition) is 2. The first-order valence-corrected chi connectivity index (χ1v) is 6.76. The Balaban J connectivity index is 2.16. The molecule has 2 atom stereocenters. The predicted molar refractivity (Wildman–Crippen MR) is 72.3 cm³/mol. The molecule has 4 heteroatoms. The third-order valence-electron chi connectivity index (χ3n) is 2.73. The van der Waals surface area contributed by atoms with E-state index in [4.69, 9.17) is 4.74 Å². The molecule has 1 saturated carbocycles. The minimum Gasteiger partial charge on any atom is -0.379 e. The summed E-state index contributed by atoms with van der Waals surface area (Å²) in [6.07, 6.45) is 1.26. The first-order valence-electron chi connectivity index (χ1n) is 6.76. The summed E-state index contributed by atoms with van der Waals surface area (Å²) < 4.78 is 5.50. The number of aliphatic imine (C=N–C) groups is 1. The van der Waals surface area contributed by atoms with Crippen LogP contribution in [0.25, 0.3) is 0 Å². The van der Waals surface area contributed by atoms with Crippen molar-refractivity contribution in [1.29, 1.82) is 0 Å². The van der Waals surface area contributed by atoms with Gasteiger partial charge in [0.25, 0.3) is 0 Å². The van der Waals surface area contributed by atoms with Gasteiger partial charge in [0, 0.05) is 19.2 Å². The molecule has 17 heavy (non-hydrogen) atoms. The van der Waals surface area contributed by atoms with Crippen LogP contribution in [0.1, 0.15) is 34.1 Å². The van der Waals surface area contributed by atoms with Gasteiger partial charge in [0.05, 0.1) is 13.2 Å². The maximum absolute atomic E-state index is 5.50. The second-order valence-electron chi connectivity index (χ2n) is 5.19. The molecular weight excluding hydrogens is 214 g/mol. The van der Waals surface area contributed by atoms with E-state index in [9.17, 15) is 0 Å². The normalized spacial score (nSPS) is 23.9. The van der Waals surface area contributed by atoms with Gasteiger partial charge in [-0.1, -0.05) is 20.8 Å². The molecule has 0 aliphatic heterocycles. The van der Waals surface area contributed by atoms with Gasteiger partial charge in [0.15, 0.2) is 5.96 Å². The fraction of sp³-hybridized carbons (Fsp3) is 0.923. The topological polar surface area (TPSA) is 45.7 Å². The van der Waals surface area contributed by atoms with Crippen molar-refractivity contribution < 1.29 is 4.74 Å². The molecule has 0 heterocycles. The van der Waals surface area contributed by atoms with Crippen LogP contribution in [-0.4, -0.2) is 38.3 Å². The molecular formula is C13H27N3O. The average Bonchev–Trinajstić information content (AvgIpc) is 2.93. The molecule has 1 aliphatic rings. The van der Waals surface area contributed by atoms with Gasteiger partial charge in [-0.2, -0.15) is 0 Å². The van der Waals surface area contributed by atoms with Crippen LogP contribution in [0, 0.1) is 11.8 Å². The standard InChI is InChI=1S/C13H27N3O/c1-5-14-13(16-12-8-11(12)4)15-6-7-17-9-10(2)3/h10-12H,5-9H2,1-4H3,(H2,14,15,16). The summed E-state index contributed by atoms with van der Waals surface area (Å²) in [6, 6.07) is 0.615. The van der Waals surface area contributed by atoms with E-state index in [0.29, 0.717) is 18.6 Å². The van der Waals surface area contributed by atoms with Crippen LogP contribution < -0.4 is 10.6 Å². The van der Waals surface area contributed by atoms with E-state index in [1.54, 1.807) is 0 Å². The molecule has 1 rings (SSSR count). The molecule has 0 spiro atoms. The van der Waals surface area contributed by atoms with E-state index in [0.717, 1.165) is 31.6 Å². The molecule has 0 radical (unpaired) electrons. The van der Waals surface area contributed by atoms with Crippen molar-refractivity contribution in [3.05, 3.63) is 0 Å². The summed E-state index contributed by atoms with van der Waals surface area (Å²) in [4.78, 5) is 4.49. The van der Waals surface area contributed by atoms with E-state index in [-0.39, 0.29) is 0 Å². The number of rotatable bonds is 7. The van der Waals surface area contributed by atoms with Crippen molar-refractivity contribution in [2.24, 2.45) is 16.8 Å². The highest BCUT2D eigenvalue weighted by atomic mass is 16.5. The smallest absolute Gasteiger partial charge is 0.191 e. The molecule has 1 fully saturated rings. The minimum absolute atomic E-state index is 0.595. The van der Waals surface area contributed by atoms with Gasteiger partial charge >= 0.3 is 0 Å². The summed E-state index contributed by atoms with van der Waals surface area (Å²) in [5.74, 6) is 2.31. The number of nitrogens with one attached hydrogen (secondary N) is 2. The Morgan fingerprint density at radius 2 is 2.18 bits per heavy atom. The minimum atomic E-state index is 0.595. The lowest BCUT2D eigenvalue weighted by Gasteiger charge is -2.11. The highest BCUT2D eigenvalue weighted by molar-refractivity contribution is 5.80. The monoisotopic (exact) mass is 241 g/mol. The largest absolute Gasteiger partial charge is 0.379 e. The summed E-state index contributed by atoms with van der Waals surface area (Å²) >= 11 is 0. The Bertz CT molecular complexity index is 241. The Labute approximate surface area is 105 Å². The Morgan fingerprint density at radius 3 is 2.71 bits per heavy atom. The van der Waals surface area contributed by atoms with E-state index in [1.807, 2.05) is 0 Å². The predicted octanol–water partition coefficient (Wildman–Crippen LogP) is 1.62. The third kappa shape index (κ3) is 6.51. The maximum atomic E-state index is 5.50. The number of hydrogen-bond acceptors (Lipinski definition) is 2. The molecule has 0 aromatic heterocycles. The van der Waals surface area contributed by atoms with Crippen molar-refractivity contribution in [3.8, 4) is 0 Å². The molecule has 0 amide bonds. The fourth-order valence-corrected chi connectivity index (χ4v) is 1.56. The summed E-state index contributed by atoms with van der Waals surface area (Å²) in [7, 11) is 0. The Hall–Kier alpha value is -0.770. The van der Waals surface area contributed by atoms with Gasteiger partial charge in [-0.05, 0) is 25.2 Å². The highest BCUT2D eigenvalue weighted by Crippen LogP contribution is 2.28. The zero-order valence-corrected chi connectivity index (χ0v) is 11.6. The Kier molecular flexibility index (Phi) is 6.34. The van der Waals surface area contributed by atoms with E-state index in [2.05, 4.69) is 43.3 Å². The maximum Gasteiger partial charge on any atom is 0.191 e. The molecule has 0 aromatic carbocycles. The third-order valence-corrected chi connectivity index (χ3v) is 2.73. The van der Waals surface area contributed by atoms with Crippen molar-refractivity contribution in [3.63, 3.8) is 0 Å².